The van der Waals surface area contributed by atoms with Crippen molar-refractivity contribution >= 4 is 5.82 Å². The number of hydrogen-bond donors (Lipinski definition) is 1. The Morgan fingerprint density at radius 1 is 1.26 bits per heavy atom. The fourth-order valence-electron chi connectivity index (χ4n) is 2.72. The number of nitriles is 1. The van der Waals surface area contributed by atoms with Gasteiger partial charge in [0.2, 0.25) is 0 Å². The Kier molecular flexibility index (Phi) is 3.90. The van der Waals surface area contributed by atoms with E-state index < -0.39 is 11.9 Å². The SMILES string of the molecule is N#Cc1nccnc1N1CCC[C@H](c2ncc(C(F)(F)F)[nH]2)C1. The average Bonchev–Trinajstić information content (AvgIpc) is 3.05. The highest BCUT2D eigenvalue weighted by molar-refractivity contribution is 5.50. The number of piperidine rings is 1. The first-order chi connectivity index (χ1) is 11.0. The molecule has 6 nitrogen and oxygen atoms in total. The van der Waals surface area contributed by atoms with Gasteiger partial charge in [-0.1, -0.05) is 0 Å². The molecule has 3 rings (SSSR count). The van der Waals surface area contributed by atoms with E-state index in [4.69, 9.17) is 5.26 Å². The van der Waals surface area contributed by atoms with Gasteiger partial charge in [0, 0.05) is 31.4 Å². The first-order valence-electron chi connectivity index (χ1n) is 7.07. The van der Waals surface area contributed by atoms with Crippen molar-refractivity contribution in [3.63, 3.8) is 0 Å². The second-order valence-corrected chi connectivity index (χ2v) is 5.31. The lowest BCUT2D eigenvalue weighted by atomic mass is 9.97. The van der Waals surface area contributed by atoms with E-state index in [1.165, 1.54) is 12.4 Å². The highest BCUT2D eigenvalue weighted by atomic mass is 19.4. The normalized spacial score (nSPS) is 18.7. The van der Waals surface area contributed by atoms with Gasteiger partial charge in [-0.15, -0.1) is 0 Å². The van der Waals surface area contributed by atoms with Crippen molar-refractivity contribution in [2.24, 2.45) is 0 Å². The quantitative estimate of drug-likeness (QED) is 0.918. The van der Waals surface area contributed by atoms with Crippen LogP contribution < -0.4 is 4.90 Å². The zero-order valence-electron chi connectivity index (χ0n) is 12.0. The van der Waals surface area contributed by atoms with Crippen LogP contribution in [0.5, 0.6) is 0 Å². The van der Waals surface area contributed by atoms with Gasteiger partial charge < -0.3 is 9.88 Å². The molecule has 0 saturated carbocycles. The number of imidazole rings is 1. The molecule has 1 atom stereocenters. The molecule has 23 heavy (non-hydrogen) atoms. The first kappa shape index (κ1) is 15.3. The summed E-state index contributed by atoms with van der Waals surface area (Å²) >= 11 is 0. The summed E-state index contributed by atoms with van der Waals surface area (Å²) in [5.74, 6) is 0.597. The Morgan fingerprint density at radius 3 is 2.74 bits per heavy atom. The number of halogens is 3. The second kappa shape index (κ2) is 5.87. The number of alkyl halides is 3. The maximum atomic E-state index is 12.7. The highest BCUT2D eigenvalue weighted by Crippen LogP contribution is 2.32. The van der Waals surface area contributed by atoms with Crippen LogP contribution in [0.3, 0.4) is 0 Å². The molecule has 1 aliphatic heterocycles. The summed E-state index contributed by atoms with van der Waals surface area (Å²) in [6.45, 7) is 1.12. The van der Waals surface area contributed by atoms with Crippen molar-refractivity contribution < 1.29 is 13.2 Å². The smallest absolute Gasteiger partial charge is 0.353 e. The third-order valence-electron chi connectivity index (χ3n) is 3.79. The number of anilines is 1. The number of H-pyrrole nitrogens is 1. The Hall–Kier alpha value is -2.63. The van der Waals surface area contributed by atoms with Gasteiger partial charge in [-0.05, 0) is 12.8 Å². The van der Waals surface area contributed by atoms with Gasteiger partial charge in [0.1, 0.15) is 17.6 Å². The second-order valence-electron chi connectivity index (χ2n) is 5.31. The fourth-order valence-corrected chi connectivity index (χ4v) is 2.72. The van der Waals surface area contributed by atoms with E-state index in [2.05, 4.69) is 19.9 Å². The summed E-state index contributed by atoms with van der Waals surface area (Å²) in [6, 6.07) is 1.98. The van der Waals surface area contributed by atoms with Crippen LogP contribution in [0.4, 0.5) is 19.0 Å². The first-order valence-corrected chi connectivity index (χ1v) is 7.07. The number of aromatic nitrogens is 4. The summed E-state index contributed by atoms with van der Waals surface area (Å²) in [4.78, 5) is 16.2. The maximum Gasteiger partial charge on any atom is 0.432 e. The minimum absolute atomic E-state index is 0.173. The molecule has 2 aromatic heterocycles. The largest absolute Gasteiger partial charge is 0.432 e. The fraction of sp³-hybridized carbons (Fsp3) is 0.429. The lowest BCUT2D eigenvalue weighted by molar-refractivity contribution is -0.141. The summed E-state index contributed by atoms with van der Waals surface area (Å²) in [5.41, 5.74) is -0.634. The zero-order valence-corrected chi connectivity index (χ0v) is 12.0. The lowest BCUT2D eigenvalue weighted by Crippen LogP contribution is -2.36. The van der Waals surface area contributed by atoms with Gasteiger partial charge in [-0.3, -0.25) is 0 Å². The van der Waals surface area contributed by atoms with Crippen LogP contribution in [0.1, 0.15) is 36.0 Å². The van der Waals surface area contributed by atoms with Crippen LogP contribution in [-0.4, -0.2) is 33.0 Å². The highest BCUT2D eigenvalue weighted by Gasteiger charge is 2.34. The summed E-state index contributed by atoms with van der Waals surface area (Å²) in [6.07, 6.45) is 0.813. The third-order valence-corrected chi connectivity index (χ3v) is 3.79. The predicted octanol–water partition coefficient (Wildman–Crippen LogP) is 2.47. The van der Waals surface area contributed by atoms with Crippen molar-refractivity contribution in [3.05, 3.63) is 35.8 Å². The maximum absolute atomic E-state index is 12.7. The molecule has 1 fully saturated rings. The van der Waals surface area contributed by atoms with E-state index >= 15 is 0 Å². The van der Waals surface area contributed by atoms with Crippen LogP contribution >= 0.6 is 0 Å². The third kappa shape index (κ3) is 3.11. The van der Waals surface area contributed by atoms with Crippen LogP contribution in [0.15, 0.2) is 18.6 Å². The standard InChI is InChI=1S/C14H13F3N6/c15-14(16,17)11-7-21-12(22-11)9-2-1-5-23(8-9)13-10(6-18)19-3-4-20-13/h3-4,7,9H,1-2,5,8H2,(H,21,22)/t9-/m0/s1. The molecule has 0 unspecified atom stereocenters. The number of hydrogen-bond acceptors (Lipinski definition) is 5. The Balaban J connectivity index is 1.81. The van der Waals surface area contributed by atoms with Crippen molar-refractivity contribution in [2.45, 2.75) is 24.9 Å². The minimum atomic E-state index is -4.43. The molecule has 0 spiro atoms. The summed E-state index contributed by atoms with van der Waals surface area (Å²) in [7, 11) is 0. The van der Waals surface area contributed by atoms with E-state index in [9.17, 15) is 13.2 Å². The van der Waals surface area contributed by atoms with Crippen LogP contribution in [0.25, 0.3) is 0 Å². The van der Waals surface area contributed by atoms with Crippen molar-refractivity contribution in [3.8, 4) is 6.07 Å². The predicted molar refractivity (Wildman–Crippen MR) is 74.5 cm³/mol. The van der Waals surface area contributed by atoms with Crippen LogP contribution in [-0.2, 0) is 6.18 Å². The number of nitrogens with zero attached hydrogens (tertiary/aromatic N) is 5. The van der Waals surface area contributed by atoms with Crippen molar-refractivity contribution in [1.29, 1.82) is 5.26 Å². The summed E-state index contributed by atoms with van der Waals surface area (Å²) in [5, 5.41) is 9.10. The molecule has 0 bridgehead atoms. The van der Waals surface area contributed by atoms with E-state index in [0.29, 0.717) is 24.7 Å². The molecule has 0 radical (unpaired) electrons. The van der Waals surface area contributed by atoms with E-state index in [0.717, 1.165) is 19.0 Å². The minimum Gasteiger partial charge on any atom is -0.353 e. The van der Waals surface area contributed by atoms with E-state index in [1.54, 1.807) is 0 Å². The molecule has 3 heterocycles. The molecule has 0 aromatic carbocycles. The number of nitrogens with one attached hydrogen (secondary N) is 1. The Morgan fingerprint density at radius 2 is 2.04 bits per heavy atom. The molecule has 2 aromatic rings. The van der Waals surface area contributed by atoms with Gasteiger partial charge in [0.25, 0.3) is 0 Å². The molecular weight excluding hydrogens is 309 g/mol. The molecule has 9 heteroatoms. The van der Waals surface area contributed by atoms with Gasteiger partial charge in [0.15, 0.2) is 11.5 Å². The zero-order chi connectivity index (χ0) is 16.4. The van der Waals surface area contributed by atoms with Crippen molar-refractivity contribution in [2.75, 3.05) is 18.0 Å². The monoisotopic (exact) mass is 322 g/mol. The van der Waals surface area contributed by atoms with Gasteiger partial charge in [-0.2, -0.15) is 18.4 Å². The molecule has 0 aliphatic carbocycles. The van der Waals surface area contributed by atoms with Crippen LogP contribution in [0, 0.1) is 11.3 Å². The molecule has 0 amide bonds. The average molecular weight is 322 g/mol. The number of rotatable bonds is 2. The molecule has 1 aliphatic rings. The van der Waals surface area contributed by atoms with E-state index in [-0.39, 0.29) is 11.6 Å². The lowest BCUT2D eigenvalue weighted by Gasteiger charge is -2.32. The summed E-state index contributed by atoms with van der Waals surface area (Å²) < 4.78 is 38.0. The molecule has 120 valence electrons. The van der Waals surface area contributed by atoms with Gasteiger partial charge in [-0.25, -0.2) is 15.0 Å². The Bertz CT molecular complexity index is 733. The van der Waals surface area contributed by atoms with E-state index in [1.807, 2.05) is 11.0 Å². The molecule has 1 saturated heterocycles. The van der Waals surface area contributed by atoms with Gasteiger partial charge >= 0.3 is 6.18 Å². The van der Waals surface area contributed by atoms with Crippen LogP contribution in [0.2, 0.25) is 0 Å². The van der Waals surface area contributed by atoms with Gasteiger partial charge in [0.05, 0.1) is 6.20 Å². The number of aromatic amines is 1. The Labute approximate surface area is 130 Å². The molecular formula is C14H13F3N6. The molecule has 1 N–H and O–H groups in total. The van der Waals surface area contributed by atoms with Crippen molar-refractivity contribution in [1.82, 2.24) is 19.9 Å². The topological polar surface area (TPSA) is 81.5 Å².